The van der Waals surface area contributed by atoms with Gasteiger partial charge in [-0.15, -0.1) is 0 Å². The highest BCUT2D eigenvalue weighted by molar-refractivity contribution is 5.81. The molecule has 17 heavy (non-hydrogen) atoms. The molecule has 2 aliphatic rings. The summed E-state index contributed by atoms with van der Waals surface area (Å²) in [5, 5.41) is 0. The van der Waals surface area contributed by atoms with Crippen LogP contribution in [0.1, 0.15) is 35.6 Å². The van der Waals surface area contributed by atoms with Gasteiger partial charge in [0, 0.05) is 6.04 Å². The molecule has 0 bridgehead atoms. The van der Waals surface area contributed by atoms with Crippen molar-refractivity contribution in [3.8, 4) is 0 Å². The molecule has 1 atom stereocenters. The molecule has 0 spiro atoms. The molecule has 1 aliphatic carbocycles. The monoisotopic (exact) mass is 229 g/mol. The Kier molecular flexibility index (Phi) is 2.35. The Morgan fingerprint density at radius 3 is 2.76 bits per heavy atom. The first kappa shape index (κ1) is 10.6. The van der Waals surface area contributed by atoms with E-state index in [1.54, 1.807) is 0 Å². The maximum absolute atomic E-state index is 6.01. The predicted octanol–water partition coefficient (Wildman–Crippen LogP) is 2.14. The van der Waals surface area contributed by atoms with E-state index in [4.69, 9.17) is 5.73 Å². The molecule has 3 heteroatoms. The molecule has 1 saturated carbocycles. The highest BCUT2D eigenvalue weighted by Gasteiger charge is 2.39. The van der Waals surface area contributed by atoms with Crippen LogP contribution in [0.25, 0.3) is 0 Å². The van der Waals surface area contributed by atoms with Crippen molar-refractivity contribution >= 4 is 5.96 Å². The van der Waals surface area contributed by atoms with Crippen molar-refractivity contribution in [3.05, 3.63) is 34.9 Å². The third-order valence-corrected chi connectivity index (χ3v) is 3.97. The van der Waals surface area contributed by atoms with Gasteiger partial charge in [0.25, 0.3) is 0 Å². The minimum atomic E-state index is 0.363. The van der Waals surface area contributed by atoms with Gasteiger partial charge in [-0.3, -0.25) is 4.99 Å². The van der Waals surface area contributed by atoms with E-state index >= 15 is 0 Å². The Bertz CT molecular complexity index is 474. The molecule has 1 aromatic rings. The van der Waals surface area contributed by atoms with E-state index in [9.17, 15) is 0 Å². The molecule has 0 radical (unpaired) electrons. The second-order valence-electron chi connectivity index (χ2n) is 5.14. The van der Waals surface area contributed by atoms with E-state index in [-0.39, 0.29) is 0 Å². The van der Waals surface area contributed by atoms with Crippen LogP contribution in [0, 0.1) is 13.8 Å². The largest absolute Gasteiger partial charge is 0.370 e. The van der Waals surface area contributed by atoms with E-state index in [1.807, 2.05) is 0 Å². The summed E-state index contributed by atoms with van der Waals surface area (Å²) < 4.78 is 0. The van der Waals surface area contributed by atoms with Crippen LogP contribution in [0.4, 0.5) is 0 Å². The maximum atomic E-state index is 6.01. The lowest BCUT2D eigenvalue weighted by atomic mass is 9.97. The summed E-state index contributed by atoms with van der Waals surface area (Å²) in [4.78, 5) is 6.75. The molecule has 1 unspecified atom stereocenters. The van der Waals surface area contributed by atoms with Crippen molar-refractivity contribution in [2.75, 3.05) is 6.54 Å². The second-order valence-corrected chi connectivity index (χ2v) is 5.14. The van der Waals surface area contributed by atoms with Crippen molar-refractivity contribution in [3.63, 3.8) is 0 Å². The number of aryl methyl sites for hydroxylation is 1. The van der Waals surface area contributed by atoms with Crippen LogP contribution in [-0.2, 0) is 0 Å². The van der Waals surface area contributed by atoms with E-state index in [0.717, 1.165) is 12.5 Å². The van der Waals surface area contributed by atoms with Gasteiger partial charge in [-0.1, -0.05) is 18.2 Å². The molecule has 3 nitrogen and oxygen atoms in total. The quantitative estimate of drug-likeness (QED) is 0.844. The number of nitrogens with two attached hydrogens (primary N) is 1. The van der Waals surface area contributed by atoms with Gasteiger partial charge in [0.05, 0.1) is 12.6 Å². The minimum absolute atomic E-state index is 0.363. The molecular formula is C14H19N3. The predicted molar refractivity (Wildman–Crippen MR) is 70.0 cm³/mol. The second kappa shape index (κ2) is 3.76. The molecule has 90 valence electrons. The van der Waals surface area contributed by atoms with E-state index in [1.165, 1.54) is 29.5 Å². The average Bonchev–Trinajstić information content (AvgIpc) is 3.07. The fourth-order valence-electron chi connectivity index (χ4n) is 2.69. The van der Waals surface area contributed by atoms with Gasteiger partial charge in [-0.2, -0.15) is 0 Å². The molecule has 1 aliphatic heterocycles. The lowest BCUT2D eigenvalue weighted by molar-refractivity contribution is 0.337. The summed E-state index contributed by atoms with van der Waals surface area (Å²) in [7, 11) is 0. The molecule has 1 heterocycles. The van der Waals surface area contributed by atoms with Crippen molar-refractivity contribution in [1.29, 1.82) is 0 Å². The van der Waals surface area contributed by atoms with E-state index in [2.05, 4.69) is 41.9 Å². The van der Waals surface area contributed by atoms with Crippen LogP contribution in [0.15, 0.2) is 23.2 Å². The zero-order valence-corrected chi connectivity index (χ0v) is 10.5. The Morgan fingerprint density at radius 2 is 2.06 bits per heavy atom. The van der Waals surface area contributed by atoms with E-state index < -0.39 is 0 Å². The lowest BCUT2D eigenvalue weighted by Gasteiger charge is -2.28. The van der Waals surface area contributed by atoms with Gasteiger partial charge in [0.1, 0.15) is 0 Å². The van der Waals surface area contributed by atoms with Gasteiger partial charge in [0.15, 0.2) is 5.96 Å². The molecule has 1 aromatic carbocycles. The van der Waals surface area contributed by atoms with Gasteiger partial charge in [-0.25, -0.2) is 0 Å². The van der Waals surface area contributed by atoms with Crippen LogP contribution in [0.5, 0.6) is 0 Å². The molecule has 0 saturated heterocycles. The number of aliphatic imine (C=N–C) groups is 1. The highest BCUT2D eigenvalue weighted by atomic mass is 15.4. The molecule has 1 fully saturated rings. The first-order valence-corrected chi connectivity index (χ1v) is 6.33. The highest BCUT2D eigenvalue weighted by Crippen LogP contribution is 2.38. The topological polar surface area (TPSA) is 41.6 Å². The lowest BCUT2D eigenvalue weighted by Crippen LogP contribution is -2.38. The summed E-state index contributed by atoms with van der Waals surface area (Å²) >= 11 is 0. The van der Waals surface area contributed by atoms with Crippen LogP contribution in [0.2, 0.25) is 0 Å². The Balaban J connectivity index is 1.96. The maximum Gasteiger partial charge on any atom is 0.192 e. The first-order valence-electron chi connectivity index (χ1n) is 6.33. The van der Waals surface area contributed by atoms with Gasteiger partial charge >= 0.3 is 0 Å². The van der Waals surface area contributed by atoms with Gasteiger partial charge < -0.3 is 10.6 Å². The summed E-state index contributed by atoms with van der Waals surface area (Å²) in [5.41, 5.74) is 10.1. The zero-order chi connectivity index (χ0) is 12.0. The standard InChI is InChI=1S/C14H19N3/c1-9-4-3-5-12(10(9)2)13-8-16-14(15)17(13)11-6-7-11/h3-5,11,13H,6-8H2,1-2H3,(H2,15,16). The summed E-state index contributed by atoms with van der Waals surface area (Å²) in [6, 6.07) is 7.52. The normalized spacial score (nSPS) is 24.0. The summed E-state index contributed by atoms with van der Waals surface area (Å²) in [6.07, 6.45) is 2.52. The molecule has 0 amide bonds. The fraction of sp³-hybridized carbons (Fsp3) is 0.500. The molecular weight excluding hydrogens is 210 g/mol. The minimum Gasteiger partial charge on any atom is -0.370 e. The number of hydrogen-bond acceptors (Lipinski definition) is 3. The van der Waals surface area contributed by atoms with Crippen molar-refractivity contribution in [2.45, 2.75) is 38.8 Å². The Labute approximate surface area is 102 Å². The van der Waals surface area contributed by atoms with Crippen molar-refractivity contribution in [2.24, 2.45) is 10.7 Å². The Hall–Kier alpha value is -1.51. The SMILES string of the molecule is Cc1cccc(C2CN=C(N)N2C2CC2)c1C. The first-order chi connectivity index (χ1) is 8.18. The van der Waals surface area contributed by atoms with Crippen molar-refractivity contribution < 1.29 is 0 Å². The van der Waals surface area contributed by atoms with Crippen LogP contribution >= 0.6 is 0 Å². The molecule has 2 N–H and O–H groups in total. The number of nitrogens with zero attached hydrogens (tertiary/aromatic N) is 2. The number of hydrogen-bond donors (Lipinski definition) is 1. The van der Waals surface area contributed by atoms with Crippen molar-refractivity contribution in [1.82, 2.24) is 4.90 Å². The fourth-order valence-corrected chi connectivity index (χ4v) is 2.69. The van der Waals surface area contributed by atoms with E-state index in [0.29, 0.717) is 12.1 Å². The summed E-state index contributed by atoms with van der Waals surface area (Å²) in [6.45, 7) is 5.18. The van der Waals surface area contributed by atoms with Crippen LogP contribution in [0.3, 0.4) is 0 Å². The smallest absolute Gasteiger partial charge is 0.192 e. The Morgan fingerprint density at radius 1 is 1.29 bits per heavy atom. The number of rotatable bonds is 2. The van der Waals surface area contributed by atoms with Crippen LogP contribution < -0.4 is 5.73 Å². The third-order valence-electron chi connectivity index (χ3n) is 3.97. The number of benzene rings is 1. The van der Waals surface area contributed by atoms with Crippen LogP contribution in [-0.4, -0.2) is 23.4 Å². The van der Waals surface area contributed by atoms with Gasteiger partial charge in [-0.05, 0) is 43.4 Å². The number of guanidine groups is 1. The average molecular weight is 229 g/mol. The molecule has 0 aromatic heterocycles. The zero-order valence-electron chi connectivity index (χ0n) is 10.5. The van der Waals surface area contributed by atoms with Gasteiger partial charge in [0.2, 0.25) is 0 Å². The molecule has 3 rings (SSSR count). The summed E-state index contributed by atoms with van der Waals surface area (Å²) in [5.74, 6) is 0.735. The third kappa shape index (κ3) is 1.70.